The monoisotopic (exact) mass is 621 g/mol. The molecule has 3 heterocycles. The summed E-state index contributed by atoms with van der Waals surface area (Å²) in [6.07, 6.45) is 3.76. The van der Waals surface area contributed by atoms with E-state index in [0.29, 0.717) is 0 Å². The van der Waals surface area contributed by atoms with Crippen molar-refractivity contribution in [2.75, 3.05) is 0 Å². The summed E-state index contributed by atoms with van der Waals surface area (Å²) in [5.41, 5.74) is 4.22. The molecule has 0 amide bonds. The molecule has 0 saturated heterocycles. The average molecular weight is 621 g/mol. The van der Waals surface area contributed by atoms with E-state index in [4.69, 9.17) is 0 Å². The predicted molar refractivity (Wildman–Crippen MR) is 133 cm³/mol. The number of nitrogens with zero attached hydrogens (tertiary/aromatic N) is 2. The molecule has 2 nitrogen and oxygen atoms in total. The summed E-state index contributed by atoms with van der Waals surface area (Å²) in [5.74, 6) is 0. The molecule has 0 unspecified atom stereocenters. The molecule has 0 bridgehead atoms. The van der Waals surface area contributed by atoms with Crippen LogP contribution >= 0.6 is 11.3 Å². The fourth-order valence-corrected chi connectivity index (χ4v) is 4.87. The Bertz CT molecular complexity index is 1480. The van der Waals surface area contributed by atoms with Gasteiger partial charge < -0.3 is 9.55 Å². The maximum atomic E-state index is 4.44. The van der Waals surface area contributed by atoms with Crippen LogP contribution in [-0.2, 0) is 20.1 Å². The summed E-state index contributed by atoms with van der Waals surface area (Å²) in [6, 6.07) is 39.0. The molecule has 0 spiro atoms. The van der Waals surface area contributed by atoms with Gasteiger partial charge in [-0.05, 0) is 34.0 Å². The minimum atomic E-state index is 0. The molecule has 0 aliphatic rings. The van der Waals surface area contributed by atoms with Gasteiger partial charge in [0.25, 0.3) is 0 Å². The van der Waals surface area contributed by atoms with E-state index in [0.717, 1.165) is 22.5 Å². The Morgan fingerprint density at radius 3 is 2.36 bits per heavy atom. The van der Waals surface area contributed by atoms with Gasteiger partial charge in [0.05, 0.1) is 6.20 Å². The minimum absolute atomic E-state index is 0. The zero-order valence-corrected chi connectivity index (χ0v) is 20.9. The Morgan fingerprint density at radius 1 is 0.758 bits per heavy atom. The van der Waals surface area contributed by atoms with E-state index < -0.39 is 0 Å². The largest absolute Gasteiger partial charge is 3.00 e. The first-order valence-corrected chi connectivity index (χ1v) is 11.1. The molecular formula is C29H20IrN2S+. The molecule has 6 aromatic rings. The molecule has 4 heteroatoms. The first kappa shape index (κ1) is 22.9. The van der Waals surface area contributed by atoms with E-state index in [2.05, 4.69) is 54.5 Å². The summed E-state index contributed by atoms with van der Waals surface area (Å²) in [7, 11) is 3.89. The van der Waals surface area contributed by atoms with Crippen LogP contribution in [0.1, 0.15) is 0 Å². The molecule has 0 aliphatic heterocycles. The van der Waals surface area contributed by atoms with Gasteiger partial charge in [-0.15, -0.1) is 54.1 Å². The first-order valence-electron chi connectivity index (χ1n) is 10.3. The van der Waals surface area contributed by atoms with Gasteiger partial charge in [-0.1, -0.05) is 53.4 Å². The van der Waals surface area contributed by atoms with Crippen molar-refractivity contribution in [2.24, 2.45) is 0 Å². The van der Waals surface area contributed by atoms with Crippen LogP contribution in [0.5, 0.6) is 0 Å². The van der Waals surface area contributed by atoms with E-state index in [1.54, 1.807) is 0 Å². The quantitative estimate of drug-likeness (QED) is 0.151. The number of fused-ring (bicyclic) bond motifs is 3. The second-order valence-electron chi connectivity index (χ2n) is 7.24. The number of hydrogen-bond acceptors (Lipinski definition) is 2. The van der Waals surface area contributed by atoms with Gasteiger partial charge in [-0.2, -0.15) is 11.3 Å². The second-order valence-corrected chi connectivity index (χ2v) is 8.29. The fraction of sp³-hybridized carbons (Fsp3) is 0. The Hall–Kier alpha value is -3.30. The molecule has 0 radical (unpaired) electrons. The summed E-state index contributed by atoms with van der Waals surface area (Å²) >= 11 is 1.81. The van der Waals surface area contributed by atoms with Crippen LogP contribution < -0.4 is 4.57 Å². The van der Waals surface area contributed by atoms with Crippen LogP contribution in [0.15, 0.2) is 109 Å². The van der Waals surface area contributed by atoms with Gasteiger partial charge in [0, 0.05) is 17.9 Å². The van der Waals surface area contributed by atoms with Crippen molar-refractivity contribution in [1.29, 1.82) is 0 Å². The molecule has 160 valence electrons. The number of thiophene rings is 1. The third-order valence-electron chi connectivity index (χ3n) is 5.19. The topological polar surface area (TPSA) is 16.8 Å². The zero-order valence-electron chi connectivity index (χ0n) is 17.7. The molecule has 0 aliphatic carbocycles. The standard InChI is InChI=1S/C17H10NS.C12H10N.Ir/c1-2-10-16-12(6-1)13-7-5-8-14(17(13)19-16)15-9-3-4-11-18-15;1-13-10-6-5-9-12(13)11-7-3-2-4-8-11;/h1-7,9-11H;2-7,9-10H,1H2;/q2*-1;+3. The Morgan fingerprint density at radius 2 is 1.58 bits per heavy atom. The summed E-state index contributed by atoms with van der Waals surface area (Å²) < 4.78 is 4.42. The second kappa shape index (κ2) is 10.5. The number of rotatable bonds is 2. The molecule has 0 fully saturated rings. The molecule has 6 rings (SSSR count). The van der Waals surface area contributed by atoms with Gasteiger partial charge >= 0.3 is 20.1 Å². The van der Waals surface area contributed by atoms with Gasteiger partial charge in [0.1, 0.15) is 5.69 Å². The van der Waals surface area contributed by atoms with E-state index in [9.17, 15) is 0 Å². The van der Waals surface area contributed by atoms with Crippen LogP contribution in [0.2, 0.25) is 0 Å². The normalized spacial score (nSPS) is 10.3. The molecule has 0 atom stereocenters. The molecule has 0 N–H and O–H groups in total. The summed E-state index contributed by atoms with van der Waals surface area (Å²) in [4.78, 5) is 4.44. The predicted octanol–water partition coefficient (Wildman–Crippen LogP) is 7.00. The van der Waals surface area contributed by atoms with Crippen molar-refractivity contribution in [3.63, 3.8) is 0 Å². The third-order valence-corrected chi connectivity index (χ3v) is 6.39. The van der Waals surface area contributed by atoms with Crippen molar-refractivity contribution >= 4 is 31.5 Å². The smallest absolute Gasteiger partial charge is 0.321 e. The van der Waals surface area contributed by atoms with Gasteiger partial charge in [-0.3, -0.25) is 0 Å². The molecule has 3 aromatic carbocycles. The molecule has 0 saturated carbocycles. The van der Waals surface area contributed by atoms with Crippen LogP contribution in [-0.4, -0.2) is 4.98 Å². The summed E-state index contributed by atoms with van der Waals surface area (Å²) in [6.45, 7) is 0. The molecule has 3 aromatic heterocycles. The maximum absolute atomic E-state index is 4.44. The van der Waals surface area contributed by atoms with E-state index in [1.165, 1.54) is 20.2 Å². The number of hydrogen-bond donors (Lipinski definition) is 0. The van der Waals surface area contributed by atoms with E-state index in [-0.39, 0.29) is 20.1 Å². The van der Waals surface area contributed by atoms with Crippen LogP contribution in [0, 0.1) is 19.2 Å². The van der Waals surface area contributed by atoms with Crippen LogP contribution in [0.25, 0.3) is 42.7 Å². The van der Waals surface area contributed by atoms with E-state index >= 15 is 0 Å². The van der Waals surface area contributed by atoms with Crippen LogP contribution in [0.4, 0.5) is 0 Å². The van der Waals surface area contributed by atoms with Crippen molar-refractivity contribution in [2.45, 2.75) is 0 Å². The minimum Gasteiger partial charge on any atom is -0.321 e. The SMILES string of the molecule is [CH2-][n+]1ccccc1-c1[c-]cccc1.[Ir+3].[c-]1ccc2c(sc3ccccc32)c1-c1ccccn1. The molecule has 33 heavy (non-hydrogen) atoms. The number of benzene rings is 3. The molecular weight excluding hydrogens is 601 g/mol. The first-order chi connectivity index (χ1) is 15.8. The number of aromatic nitrogens is 2. The Labute approximate surface area is 211 Å². The maximum Gasteiger partial charge on any atom is 3.00 e. The zero-order chi connectivity index (χ0) is 21.8. The summed E-state index contributed by atoms with van der Waals surface area (Å²) in [5, 5.41) is 2.61. The van der Waals surface area contributed by atoms with E-state index in [1.807, 2.05) is 95.0 Å². The Balaban J connectivity index is 0.000000164. The van der Waals surface area contributed by atoms with Crippen molar-refractivity contribution < 1.29 is 24.7 Å². The average Bonchev–Trinajstić information content (AvgIpc) is 3.25. The fourth-order valence-electron chi connectivity index (χ4n) is 3.66. The number of pyridine rings is 2. The van der Waals surface area contributed by atoms with Crippen LogP contribution in [0.3, 0.4) is 0 Å². The van der Waals surface area contributed by atoms with Crippen molar-refractivity contribution in [3.05, 3.63) is 129 Å². The van der Waals surface area contributed by atoms with Gasteiger partial charge in [0.15, 0.2) is 0 Å². The van der Waals surface area contributed by atoms with Crippen molar-refractivity contribution in [3.8, 4) is 22.5 Å². The Kier molecular flexibility index (Phi) is 7.31. The van der Waals surface area contributed by atoms with Gasteiger partial charge in [-0.25, -0.2) is 0 Å². The third kappa shape index (κ3) is 4.89. The van der Waals surface area contributed by atoms with Gasteiger partial charge in [0.2, 0.25) is 0 Å². The van der Waals surface area contributed by atoms with Crippen molar-refractivity contribution in [1.82, 2.24) is 4.98 Å².